The van der Waals surface area contributed by atoms with Crippen molar-refractivity contribution in [3.63, 3.8) is 0 Å². The molecule has 0 atom stereocenters. The lowest BCUT2D eigenvalue weighted by molar-refractivity contribution is -0.113. The number of ether oxygens (including phenoxy) is 1. The van der Waals surface area contributed by atoms with Gasteiger partial charge in [-0.2, -0.15) is 0 Å². The number of aromatic nitrogens is 5. The van der Waals surface area contributed by atoms with Crippen molar-refractivity contribution in [1.82, 2.24) is 24.7 Å². The third kappa shape index (κ3) is 4.77. The monoisotopic (exact) mass is 524 g/mol. The molecule has 3 heterocycles. The third-order valence-electron chi connectivity index (χ3n) is 5.06. The SMILES string of the molecule is CCSc1nnc(NC(=O)CSc2nc3c([nH]c4ccccc43)c(=O)n2-c2cccc(OC)c2)s1. The largest absolute Gasteiger partial charge is 0.497 e. The summed E-state index contributed by atoms with van der Waals surface area (Å²) < 4.78 is 7.65. The predicted octanol–water partition coefficient (Wildman–Crippen LogP) is 4.57. The van der Waals surface area contributed by atoms with Gasteiger partial charge >= 0.3 is 0 Å². The van der Waals surface area contributed by atoms with Crippen LogP contribution in [0.25, 0.3) is 27.6 Å². The molecule has 0 aliphatic heterocycles. The van der Waals surface area contributed by atoms with Crippen molar-refractivity contribution in [2.45, 2.75) is 16.4 Å². The molecule has 0 unspecified atom stereocenters. The van der Waals surface area contributed by atoms with Crippen LogP contribution >= 0.6 is 34.9 Å². The summed E-state index contributed by atoms with van der Waals surface area (Å²) in [5, 5.41) is 12.5. The number of fused-ring (bicyclic) bond motifs is 3. The molecule has 2 N–H and O–H groups in total. The first-order chi connectivity index (χ1) is 17.1. The average Bonchev–Trinajstić information content (AvgIpc) is 3.47. The number of carbonyl (C=O) groups excluding carboxylic acids is 1. The lowest BCUT2D eigenvalue weighted by atomic mass is 10.2. The number of carbonyl (C=O) groups is 1. The minimum absolute atomic E-state index is 0.0418. The van der Waals surface area contributed by atoms with Crippen molar-refractivity contribution in [3.05, 3.63) is 58.9 Å². The van der Waals surface area contributed by atoms with Crippen LogP contribution in [-0.4, -0.2) is 49.3 Å². The molecule has 2 aromatic carbocycles. The number of methoxy groups -OCH3 is 1. The van der Waals surface area contributed by atoms with Gasteiger partial charge in [-0.3, -0.25) is 19.5 Å². The molecule has 0 saturated heterocycles. The van der Waals surface area contributed by atoms with E-state index in [0.717, 1.165) is 21.0 Å². The van der Waals surface area contributed by atoms with Crippen LogP contribution in [0.5, 0.6) is 5.75 Å². The summed E-state index contributed by atoms with van der Waals surface area (Å²) in [5.41, 5.74) is 2.13. The topological polar surface area (TPSA) is 115 Å². The molecule has 0 spiro atoms. The Hall–Kier alpha value is -3.35. The molecule has 0 radical (unpaired) electrons. The number of nitrogens with zero attached hydrogens (tertiary/aromatic N) is 4. The van der Waals surface area contributed by atoms with E-state index in [0.29, 0.717) is 32.8 Å². The van der Waals surface area contributed by atoms with Crippen molar-refractivity contribution in [2.24, 2.45) is 0 Å². The fraction of sp³-hybridized carbons (Fsp3) is 0.174. The number of aromatic amines is 1. The second-order valence-corrected chi connectivity index (χ2v) is 10.7. The van der Waals surface area contributed by atoms with Crippen LogP contribution in [0.3, 0.4) is 0 Å². The van der Waals surface area contributed by atoms with Gasteiger partial charge in [-0.1, -0.05) is 66.0 Å². The third-order valence-corrected chi connectivity index (χ3v) is 7.85. The molecule has 35 heavy (non-hydrogen) atoms. The average molecular weight is 525 g/mol. The Balaban J connectivity index is 1.52. The van der Waals surface area contributed by atoms with Gasteiger partial charge in [0.1, 0.15) is 16.8 Å². The summed E-state index contributed by atoms with van der Waals surface area (Å²) in [6, 6.07) is 14.8. The number of para-hydroxylation sites is 1. The summed E-state index contributed by atoms with van der Waals surface area (Å²) in [6.07, 6.45) is 0. The highest BCUT2D eigenvalue weighted by molar-refractivity contribution is 8.01. The molecular weight excluding hydrogens is 504 g/mol. The van der Waals surface area contributed by atoms with E-state index in [-0.39, 0.29) is 17.2 Å². The van der Waals surface area contributed by atoms with E-state index in [1.54, 1.807) is 43.1 Å². The molecule has 0 aliphatic rings. The lowest BCUT2D eigenvalue weighted by Gasteiger charge is -2.13. The molecule has 0 fully saturated rings. The maximum Gasteiger partial charge on any atom is 0.283 e. The number of thioether (sulfide) groups is 2. The molecule has 5 rings (SSSR count). The second-order valence-electron chi connectivity index (χ2n) is 7.27. The van der Waals surface area contributed by atoms with Crippen LogP contribution in [0.4, 0.5) is 5.13 Å². The summed E-state index contributed by atoms with van der Waals surface area (Å²) in [6.45, 7) is 2.03. The number of nitrogens with one attached hydrogen (secondary N) is 2. The van der Waals surface area contributed by atoms with Crippen molar-refractivity contribution in [2.75, 3.05) is 23.9 Å². The van der Waals surface area contributed by atoms with Gasteiger partial charge in [-0.15, -0.1) is 10.2 Å². The highest BCUT2D eigenvalue weighted by atomic mass is 32.2. The van der Waals surface area contributed by atoms with E-state index in [2.05, 4.69) is 20.5 Å². The molecular formula is C23H20N6O3S3. The van der Waals surface area contributed by atoms with E-state index < -0.39 is 0 Å². The lowest BCUT2D eigenvalue weighted by Crippen LogP contribution is -2.23. The Morgan fingerprint density at radius 3 is 2.86 bits per heavy atom. The molecule has 3 aromatic heterocycles. The maximum atomic E-state index is 13.6. The number of hydrogen-bond donors (Lipinski definition) is 2. The summed E-state index contributed by atoms with van der Waals surface area (Å²) in [5.74, 6) is 1.27. The first-order valence-corrected chi connectivity index (χ1v) is 13.4. The Bertz CT molecular complexity index is 1590. The Kier molecular flexibility index (Phi) is 6.75. The van der Waals surface area contributed by atoms with Gasteiger partial charge in [0.2, 0.25) is 11.0 Å². The zero-order valence-electron chi connectivity index (χ0n) is 18.8. The molecule has 12 heteroatoms. The minimum Gasteiger partial charge on any atom is -0.497 e. The first kappa shape index (κ1) is 23.4. The van der Waals surface area contributed by atoms with Crippen molar-refractivity contribution in [3.8, 4) is 11.4 Å². The maximum absolute atomic E-state index is 13.6. The van der Waals surface area contributed by atoms with Gasteiger partial charge in [-0.05, 0) is 24.0 Å². The van der Waals surface area contributed by atoms with Crippen molar-refractivity contribution < 1.29 is 9.53 Å². The summed E-state index contributed by atoms with van der Waals surface area (Å²) in [4.78, 5) is 34.3. The zero-order valence-corrected chi connectivity index (χ0v) is 21.2. The number of hydrogen-bond acceptors (Lipinski definition) is 9. The molecule has 0 saturated carbocycles. The van der Waals surface area contributed by atoms with Crippen LogP contribution in [0, 0.1) is 0 Å². The molecule has 1 amide bonds. The van der Waals surface area contributed by atoms with Crippen molar-refractivity contribution >= 4 is 67.8 Å². The highest BCUT2D eigenvalue weighted by Crippen LogP contribution is 2.28. The normalized spacial score (nSPS) is 11.3. The molecule has 0 bridgehead atoms. The quantitative estimate of drug-likeness (QED) is 0.172. The number of amides is 1. The number of rotatable bonds is 8. The van der Waals surface area contributed by atoms with E-state index in [1.165, 1.54) is 27.7 Å². The van der Waals surface area contributed by atoms with Gasteiger partial charge in [-0.25, -0.2) is 4.98 Å². The van der Waals surface area contributed by atoms with E-state index >= 15 is 0 Å². The fourth-order valence-electron chi connectivity index (χ4n) is 3.54. The zero-order chi connectivity index (χ0) is 24.4. The smallest absolute Gasteiger partial charge is 0.283 e. The predicted molar refractivity (Wildman–Crippen MR) is 141 cm³/mol. The van der Waals surface area contributed by atoms with Crippen LogP contribution in [0.15, 0.2) is 62.8 Å². The van der Waals surface area contributed by atoms with Gasteiger partial charge in [0, 0.05) is 17.0 Å². The van der Waals surface area contributed by atoms with Crippen LogP contribution in [0.2, 0.25) is 0 Å². The van der Waals surface area contributed by atoms with Gasteiger partial charge in [0.25, 0.3) is 5.56 Å². The van der Waals surface area contributed by atoms with E-state index in [1.807, 2.05) is 31.2 Å². The second kappa shape index (κ2) is 10.1. The fourth-order valence-corrected chi connectivity index (χ4v) is 6.01. The van der Waals surface area contributed by atoms with Crippen LogP contribution < -0.4 is 15.6 Å². The van der Waals surface area contributed by atoms with Crippen molar-refractivity contribution in [1.29, 1.82) is 0 Å². The molecule has 0 aliphatic carbocycles. The number of anilines is 1. The van der Waals surface area contributed by atoms with Crippen LogP contribution in [0.1, 0.15) is 6.92 Å². The van der Waals surface area contributed by atoms with E-state index in [9.17, 15) is 9.59 Å². The number of benzene rings is 2. The summed E-state index contributed by atoms with van der Waals surface area (Å²) >= 11 is 4.07. The van der Waals surface area contributed by atoms with Gasteiger partial charge < -0.3 is 9.72 Å². The van der Waals surface area contributed by atoms with Gasteiger partial charge in [0.05, 0.1) is 18.6 Å². The Morgan fingerprint density at radius 2 is 2.03 bits per heavy atom. The summed E-state index contributed by atoms with van der Waals surface area (Å²) in [7, 11) is 1.57. The highest BCUT2D eigenvalue weighted by Gasteiger charge is 2.19. The first-order valence-electron chi connectivity index (χ1n) is 10.6. The standard InChI is InChI=1S/C23H20N6O3S3/c1-3-33-23-28-27-21(35-23)25-17(30)12-34-22-26-18-15-9-4-5-10-16(15)24-19(18)20(31)29(22)13-7-6-8-14(11-13)32-2/h4-11,24H,3,12H2,1-2H3,(H,25,27,30). The molecule has 5 aromatic rings. The molecule has 9 nitrogen and oxygen atoms in total. The minimum atomic E-state index is -0.260. The Morgan fingerprint density at radius 1 is 1.17 bits per heavy atom. The number of H-pyrrole nitrogens is 1. The van der Waals surface area contributed by atoms with Gasteiger partial charge in [0.15, 0.2) is 9.50 Å². The van der Waals surface area contributed by atoms with Crippen LogP contribution in [-0.2, 0) is 4.79 Å². The Labute approximate surface area is 212 Å². The molecule has 178 valence electrons. The van der Waals surface area contributed by atoms with E-state index in [4.69, 9.17) is 9.72 Å².